The molecule has 4 rings (SSSR count). The highest BCUT2D eigenvalue weighted by Gasteiger charge is 2.17. The van der Waals surface area contributed by atoms with Gasteiger partial charge in [-0.25, -0.2) is 9.59 Å². The number of nitrogens with zero attached hydrogens (tertiary/aromatic N) is 1. The third kappa shape index (κ3) is 4.49. The van der Waals surface area contributed by atoms with Gasteiger partial charge in [0.05, 0.1) is 13.2 Å². The van der Waals surface area contributed by atoms with Gasteiger partial charge in [0, 0.05) is 29.9 Å². The SMILES string of the molecule is O=C(COC(=O)c1cc2ccccc2oc1=O)Nc1ccc(N2CCOCC2)cc1. The van der Waals surface area contributed by atoms with Crippen LogP contribution in [0.4, 0.5) is 11.4 Å². The Morgan fingerprint density at radius 1 is 1.03 bits per heavy atom. The molecule has 8 heteroatoms. The van der Waals surface area contributed by atoms with E-state index in [1.807, 2.05) is 12.1 Å². The van der Waals surface area contributed by atoms with E-state index in [1.54, 1.807) is 36.4 Å². The van der Waals surface area contributed by atoms with Crippen molar-refractivity contribution in [3.05, 3.63) is 70.6 Å². The fourth-order valence-corrected chi connectivity index (χ4v) is 3.19. The Morgan fingerprint density at radius 2 is 1.77 bits per heavy atom. The van der Waals surface area contributed by atoms with Gasteiger partial charge in [0.2, 0.25) is 0 Å². The number of nitrogens with one attached hydrogen (secondary N) is 1. The van der Waals surface area contributed by atoms with Crippen molar-refractivity contribution in [1.82, 2.24) is 0 Å². The highest BCUT2D eigenvalue weighted by molar-refractivity contribution is 5.96. The number of rotatable bonds is 5. The lowest BCUT2D eigenvalue weighted by molar-refractivity contribution is -0.119. The minimum Gasteiger partial charge on any atom is -0.452 e. The van der Waals surface area contributed by atoms with E-state index in [1.165, 1.54) is 6.07 Å². The largest absolute Gasteiger partial charge is 0.452 e. The summed E-state index contributed by atoms with van der Waals surface area (Å²) in [6, 6.07) is 15.6. The summed E-state index contributed by atoms with van der Waals surface area (Å²) in [6.07, 6.45) is 0. The first-order valence-electron chi connectivity index (χ1n) is 9.53. The maximum Gasteiger partial charge on any atom is 0.351 e. The van der Waals surface area contributed by atoms with Gasteiger partial charge in [-0.1, -0.05) is 18.2 Å². The Balaban J connectivity index is 1.34. The Labute approximate surface area is 172 Å². The molecule has 1 saturated heterocycles. The predicted molar refractivity (Wildman–Crippen MR) is 111 cm³/mol. The van der Waals surface area contributed by atoms with Crippen molar-refractivity contribution in [2.45, 2.75) is 0 Å². The van der Waals surface area contributed by atoms with Crippen molar-refractivity contribution in [2.75, 3.05) is 43.1 Å². The van der Waals surface area contributed by atoms with Crippen molar-refractivity contribution >= 4 is 34.2 Å². The number of ether oxygens (including phenoxy) is 2. The lowest BCUT2D eigenvalue weighted by Gasteiger charge is -2.28. The Bertz CT molecular complexity index is 1120. The average Bonchev–Trinajstić information content (AvgIpc) is 2.78. The second-order valence-corrected chi connectivity index (χ2v) is 6.76. The van der Waals surface area contributed by atoms with Crippen molar-refractivity contribution in [3.63, 3.8) is 0 Å². The molecule has 1 aliphatic rings. The summed E-state index contributed by atoms with van der Waals surface area (Å²) in [6.45, 7) is 2.52. The molecule has 0 spiro atoms. The topological polar surface area (TPSA) is 98.1 Å². The molecule has 1 aliphatic heterocycles. The summed E-state index contributed by atoms with van der Waals surface area (Å²) in [5.74, 6) is -1.42. The smallest absolute Gasteiger partial charge is 0.351 e. The van der Waals surface area contributed by atoms with Crippen LogP contribution in [-0.2, 0) is 14.3 Å². The molecule has 1 N–H and O–H groups in total. The van der Waals surface area contributed by atoms with E-state index < -0.39 is 24.1 Å². The molecule has 154 valence electrons. The van der Waals surface area contributed by atoms with Crippen LogP contribution in [0.3, 0.4) is 0 Å². The van der Waals surface area contributed by atoms with Crippen LogP contribution in [0.15, 0.2) is 63.8 Å². The van der Waals surface area contributed by atoms with E-state index in [9.17, 15) is 14.4 Å². The van der Waals surface area contributed by atoms with Gasteiger partial charge in [-0.2, -0.15) is 0 Å². The van der Waals surface area contributed by atoms with Gasteiger partial charge in [-0.05, 0) is 36.4 Å². The quantitative estimate of drug-likeness (QED) is 0.511. The molecule has 2 heterocycles. The number of para-hydroxylation sites is 1. The van der Waals surface area contributed by atoms with Crippen LogP contribution in [0.25, 0.3) is 11.0 Å². The van der Waals surface area contributed by atoms with Crippen LogP contribution in [0.1, 0.15) is 10.4 Å². The van der Waals surface area contributed by atoms with Gasteiger partial charge >= 0.3 is 11.6 Å². The van der Waals surface area contributed by atoms with Crippen molar-refractivity contribution < 1.29 is 23.5 Å². The molecule has 2 aromatic carbocycles. The number of benzene rings is 2. The standard InChI is InChI=1S/C22H20N2O6/c25-20(23-16-5-7-17(8-6-16)24-9-11-28-12-10-24)14-29-21(26)18-13-15-3-1-2-4-19(15)30-22(18)27/h1-8,13H,9-12,14H2,(H,23,25). The van der Waals surface area contributed by atoms with Gasteiger partial charge in [0.1, 0.15) is 11.1 Å². The lowest BCUT2D eigenvalue weighted by atomic mass is 10.2. The maximum absolute atomic E-state index is 12.2. The second-order valence-electron chi connectivity index (χ2n) is 6.76. The third-order valence-corrected chi connectivity index (χ3v) is 4.72. The highest BCUT2D eigenvalue weighted by Crippen LogP contribution is 2.19. The number of fused-ring (bicyclic) bond motifs is 1. The average molecular weight is 408 g/mol. The summed E-state index contributed by atoms with van der Waals surface area (Å²) >= 11 is 0. The van der Waals surface area contributed by atoms with E-state index in [0.717, 1.165) is 18.8 Å². The minimum atomic E-state index is -0.910. The van der Waals surface area contributed by atoms with Crippen LogP contribution < -0.4 is 15.8 Å². The fraction of sp³-hybridized carbons (Fsp3) is 0.227. The molecule has 0 radical (unpaired) electrons. The summed E-state index contributed by atoms with van der Waals surface area (Å²) in [4.78, 5) is 38.5. The molecule has 0 bridgehead atoms. The molecule has 0 unspecified atom stereocenters. The van der Waals surface area contributed by atoms with Crippen molar-refractivity contribution in [1.29, 1.82) is 0 Å². The van der Waals surface area contributed by atoms with E-state index in [4.69, 9.17) is 13.9 Å². The highest BCUT2D eigenvalue weighted by atomic mass is 16.5. The summed E-state index contributed by atoms with van der Waals surface area (Å²) in [5, 5.41) is 3.25. The second kappa shape index (κ2) is 8.79. The van der Waals surface area contributed by atoms with Gasteiger partial charge in [-0.15, -0.1) is 0 Å². The number of esters is 1. The molecule has 0 aliphatic carbocycles. The van der Waals surface area contributed by atoms with Crippen LogP contribution >= 0.6 is 0 Å². The van der Waals surface area contributed by atoms with E-state index in [2.05, 4.69) is 10.2 Å². The van der Waals surface area contributed by atoms with E-state index in [-0.39, 0.29) is 5.56 Å². The number of hydrogen-bond acceptors (Lipinski definition) is 7. The Morgan fingerprint density at radius 3 is 2.53 bits per heavy atom. The van der Waals surface area contributed by atoms with Crippen molar-refractivity contribution in [2.24, 2.45) is 0 Å². The number of morpholine rings is 1. The van der Waals surface area contributed by atoms with Crippen LogP contribution in [0, 0.1) is 0 Å². The van der Waals surface area contributed by atoms with E-state index in [0.29, 0.717) is 29.9 Å². The van der Waals surface area contributed by atoms with Crippen LogP contribution in [-0.4, -0.2) is 44.8 Å². The first kappa shape index (κ1) is 19.7. The maximum atomic E-state index is 12.2. The molecule has 3 aromatic rings. The number of carbonyl (C=O) groups is 2. The summed E-state index contributed by atoms with van der Waals surface area (Å²) < 4.78 is 15.4. The predicted octanol–water partition coefficient (Wildman–Crippen LogP) is 2.43. The number of carbonyl (C=O) groups excluding carboxylic acids is 2. The zero-order valence-corrected chi connectivity index (χ0v) is 16.1. The molecule has 1 amide bonds. The molecule has 8 nitrogen and oxygen atoms in total. The van der Waals surface area contributed by atoms with Gasteiger partial charge in [0.15, 0.2) is 6.61 Å². The summed E-state index contributed by atoms with van der Waals surface area (Å²) in [5.41, 5.74) is 0.940. The minimum absolute atomic E-state index is 0.253. The first-order valence-corrected chi connectivity index (χ1v) is 9.53. The van der Waals surface area contributed by atoms with Crippen LogP contribution in [0.2, 0.25) is 0 Å². The molecular weight excluding hydrogens is 388 g/mol. The normalized spacial score (nSPS) is 13.8. The summed E-state index contributed by atoms with van der Waals surface area (Å²) in [7, 11) is 0. The fourth-order valence-electron chi connectivity index (χ4n) is 3.19. The molecule has 0 atom stereocenters. The third-order valence-electron chi connectivity index (χ3n) is 4.72. The number of amides is 1. The molecule has 0 saturated carbocycles. The molecule has 1 aromatic heterocycles. The van der Waals surface area contributed by atoms with Gasteiger partial charge in [0.25, 0.3) is 5.91 Å². The van der Waals surface area contributed by atoms with Crippen LogP contribution in [0.5, 0.6) is 0 Å². The zero-order chi connectivity index (χ0) is 20.9. The number of anilines is 2. The number of hydrogen-bond donors (Lipinski definition) is 1. The molecular formula is C22H20N2O6. The zero-order valence-electron chi connectivity index (χ0n) is 16.1. The van der Waals surface area contributed by atoms with E-state index >= 15 is 0 Å². The van der Waals surface area contributed by atoms with Crippen molar-refractivity contribution in [3.8, 4) is 0 Å². The monoisotopic (exact) mass is 408 g/mol. The Hall–Kier alpha value is -3.65. The molecule has 30 heavy (non-hydrogen) atoms. The lowest BCUT2D eigenvalue weighted by Crippen LogP contribution is -2.36. The Kier molecular flexibility index (Phi) is 5.76. The van der Waals surface area contributed by atoms with Gasteiger partial charge < -0.3 is 24.1 Å². The van der Waals surface area contributed by atoms with Gasteiger partial charge in [-0.3, -0.25) is 4.79 Å². The first-order chi connectivity index (χ1) is 14.6. The molecule has 1 fully saturated rings.